The second-order valence-corrected chi connectivity index (χ2v) is 7.21. The Hall–Kier alpha value is -3.11. The molecule has 0 unspecified atom stereocenters. The summed E-state index contributed by atoms with van der Waals surface area (Å²) in [5.74, 6) is 5.47. The van der Waals surface area contributed by atoms with Crippen molar-refractivity contribution in [1.29, 1.82) is 0 Å². The van der Waals surface area contributed by atoms with Crippen LogP contribution in [0.2, 0.25) is 0 Å². The Morgan fingerprint density at radius 1 is 0.897 bits per heavy atom. The van der Waals surface area contributed by atoms with Crippen molar-refractivity contribution in [3.8, 4) is 11.8 Å². The molecule has 4 nitrogen and oxygen atoms in total. The van der Waals surface area contributed by atoms with Crippen LogP contribution in [0.3, 0.4) is 0 Å². The summed E-state index contributed by atoms with van der Waals surface area (Å²) in [4.78, 5) is 26.8. The molecule has 1 amide bonds. The third kappa shape index (κ3) is 5.04. The van der Waals surface area contributed by atoms with Crippen LogP contribution in [0.4, 0.5) is 5.69 Å². The van der Waals surface area contributed by atoms with Gasteiger partial charge in [-0.3, -0.25) is 9.69 Å². The third-order valence-electron chi connectivity index (χ3n) is 4.21. The Morgan fingerprint density at radius 2 is 1.52 bits per heavy atom. The van der Waals surface area contributed by atoms with Crippen molar-refractivity contribution < 1.29 is 14.3 Å². The second-order valence-electron chi connectivity index (χ2n) is 6.05. The van der Waals surface area contributed by atoms with E-state index < -0.39 is 5.97 Å². The maximum Gasteiger partial charge on any atom is 0.339 e. The topological polar surface area (TPSA) is 46.6 Å². The van der Waals surface area contributed by atoms with Crippen LogP contribution < -0.4 is 4.90 Å². The first-order valence-electron chi connectivity index (χ1n) is 8.89. The molecule has 0 atom stereocenters. The van der Waals surface area contributed by atoms with Crippen LogP contribution in [-0.2, 0) is 4.74 Å². The molecular weight excluding hydrogens is 477 g/mol. The van der Waals surface area contributed by atoms with Crippen LogP contribution in [0.5, 0.6) is 0 Å². The highest BCUT2D eigenvalue weighted by atomic mass is 127. The highest BCUT2D eigenvalue weighted by Gasteiger charge is 2.19. The van der Waals surface area contributed by atoms with Crippen molar-refractivity contribution in [3.63, 3.8) is 0 Å². The van der Waals surface area contributed by atoms with Gasteiger partial charge in [-0.2, -0.15) is 0 Å². The number of para-hydroxylation sites is 1. The smallest absolute Gasteiger partial charge is 0.339 e. The van der Waals surface area contributed by atoms with Gasteiger partial charge in [0.2, 0.25) is 0 Å². The number of carbonyl (C=O) groups excluding carboxylic acids is 2. The van der Waals surface area contributed by atoms with E-state index in [2.05, 4.69) is 34.4 Å². The van der Waals surface area contributed by atoms with Crippen LogP contribution in [0.25, 0.3) is 0 Å². The zero-order valence-electron chi connectivity index (χ0n) is 15.8. The molecule has 29 heavy (non-hydrogen) atoms. The second kappa shape index (κ2) is 9.89. The first-order chi connectivity index (χ1) is 14.1. The molecule has 0 radical (unpaired) electrons. The molecule has 0 aliphatic heterocycles. The van der Waals surface area contributed by atoms with Crippen molar-refractivity contribution in [2.45, 2.75) is 0 Å². The van der Waals surface area contributed by atoms with Gasteiger partial charge in [-0.25, -0.2) is 4.79 Å². The van der Waals surface area contributed by atoms with Gasteiger partial charge in [0.25, 0.3) is 5.91 Å². The van der Waals surface area contributed by atoms with Gasteiger partial charge in [-0.1, -0.05) is 54.3 Å². The van der Waals surface area contributed by atoms with E-state index in [1.807, 2.05) is 54.6 Å². The number of methoxy groups -OCH3 is 1. The minimum absolute atomic E-state index is 0.128. The predicted octanol–water partition coefficient (Wildman–Crippen LogP) is 4.78. The lowest BCUT2D eigenvalue weighted by atomic mass is 10.1. The predicted molar refractivity (Wildman–Crippen MR) is 122 cm³/mol. The molecule has 3 aromatic carbocycles. The van der Waals surface area contributed by atoms with Gasteiger partial charge in [0, 0.05) is 14.8 Å². The molecular formula is C24H18INO3. The minimum Gasteiger partial charge on any atom is -0.465 e. The van der Waals surface area contributed by atoms with E-state index in [0.717, 1.165) is 9.26 Å². The number of ether oxygens (including phenoxy) is 1. The van der Waals surface area contributed by atoms with Crippen LogP contribution in [0.1, 0.15) is 26.3 Å². The fraction of sp³-hybridized carbons (Fsp3) is 0.0833. The summed E-state index contributed by atoms with van der Waals surface area (Å²) in [6.45, 7) is 0.184. The van der Waals surface area contributed by atoms with E-state index in [0.29, 0.717) is 16.7 Å². The van der Waals surface area contributed by atoms with Crippen LogP contribution in [0, 0.1) is 15.4 Å². The fourth-order valence-corrected chi connectivity index (χ4v) is 3.38. The van der Waals surface area contributed by atoms with Gasteiger partial charge in [-0.05, 0) is 59.0 Å². The summed E-state index contributed by atoms with van der Waals surface area (Å²) in [5, 5.41) is 0. The number of anilines is 1. The van der Waals surface area contributed by atoms with Gasteiger partial charge in [-0.15, -0.1) is 0 Å². The minimum atomic E-state index is -0.440. The number of esters is 1. The van der Waals surface area contributed by atoms with E-state index in [-0.39, 0.29) is 12.5 Å². The van der Waals surface area contributed by atoms with Crippen LogP contribution >= 0.6 is 22.6 Å². The lowest BCUT2D eigenvalue weighted by Crippen LogP contribution is -2.31. The maximum atomic E-state index is 13.2. The molecule has 0 aliphatic carbocycles. The van der Waals surface area contributed by atoms with E-state index in [4.69, 9.17) is 4.74 Å². The molecule has 0 aromatic heterocycles. The quantitative estimate of drug-likeness (QED) is 0.298. The Kier molecular flexibility index (Phi) is 7.04. The Balaban J connectivity index is 1.93. The first-order valence-corrected chi connectivity index (χ1v) is 9.97. The van der Waals surface area contributed by atoms with E-state index in [1.165, 1.54) is 7.11 Å². The van der Waals surface area contributed by atoms with E-state index in [1.54, 1.807) is 29.2 Å². The molecule has 144 valence electrons. The molecule has 0 bridgehead atoms. The lowest BCUT2D eigenvalue weighted by molar-refractivity contribution is 0.0600. The summed E-state index contributed by atoms with van der Waals surface area (Å²) in [6, 6.07) is 23.8. The molecule has 0 spiro atoms. The molecule has 0 fully saturated rings. The highest BCUT2D eigenvalue weighted by molar-refractivity contribution is 14.1. The normalized spacial score (nSPS) is 9.86. The number of benzene rings is 3. The standard InChI is InChI=1S/C24H18INO3/c1-29-24(28)20-14-6-5-10-18(20)11-9-17-26(19-12-3-2-4-13-19)23(27)21-15-7-8-16-22(21)25/h2-8,10,12-16H,17H2,1H3. The Morgan fingerprint density at radius 3 is 2.21 bits per heavy atom. The molecule has 0 saturated heterocycles. The Labute approximate surface area is 183 Å². The molecule has 0 saturated carbocycles. The van der Waals surface area contributed by atoms with Crippen molar-refractivity contribution in [1.82, 2.24) is 0 Å². The fourth-order valence-electron chi connectivity index (χ4n) is 2.76. The number of halogens is 1. The van der Waals surface area contributed by atoms with Gasteiger partial charge in [0.05, 0.1) is 24.8 Å². The van der Waals surface area contributed by atoms with Crippen LogP contribution in [0.15, 0.2) is 78.9 Å². The van der Waals surface area contributed by atoms with Crippen LogP contribution in [-0.4, -0.2) is 25.5 Å². The maximum absolute atomic E-state index is 13.2. The van der Waals surface area contributed by atoms with Gasteiger partial charge in [0.1, 0.15) is 0 Å². The molecule has 3 rings (SSSR count). The first kappa shape index (κ1) is 20.6. The van der Waals surface area contributed by atoms with Crippen molar-refractivity contribution >= 4 is 40.2 Å². The zero-order chi connectivity index (χ0) is 20.6. The molecule has 5 heteroatoms. The van der Waals surface area contributed by atoms with E-state index in [9.17, 15) is 9.59 Å². The van der Waals surface area contributed by atoms with Gasteiger partial charge in [0.15, 0.2) is 0 Å². The molecule has 0 N–H and O–H groups in total. The molecule has 0 aliphatic rings. The summed E-state index contributed by atoms with van der Waals surface area (Å²) in [6.07, 6.45) is 0. The number of hydrogen-bond acceptors (Lipinski definition) is 3. The Bertz CT molecular complexity index is 1080. The number of amides is 1. The van der Waals surface area contributed by atoms with Crippen molar-refractivity contribution in [2.75, 3.05) is 18.6 Å². The average molecular weight is 495 g/mol. The highest BCUT2D eigenvalue weighted by Crippen LogP contribution is 2.20. The largest absolute Gasteiger partial charge is 0.465 e. The van der Waals surface area contributed by atoms with Gasteiger partial charge < -0.3 is 4.74 Å². The lowest BCUT2D eigenvalue weighted by Gasteiger charge is -2.21. The summed E-state index contributed by atoms with van der Waals surface area (Å²) >= 11 is 2.16. The summed E-state index contributed by atoms with van der Waals surface area (Å²) in [7, 11) is 1.34. The summed E-state index contributed by atoms with van der Waals surface area (Å²) in [5.41, 5.74) is 2.34. The molecule has 3 aromatic rings. The third-order valence-corrected chi connectivity index (χ3v) is 5.15. The van der Waals surface area contributed by atoms with E-state index >= 15 is 0 Å². The summed E-state index contributed by atoms with van der Waals surface area (Å²) < 4.78 is 5.69. The SMILES string of the molecule is COC(=O)c1ccccc1C#CCN(C(=O)c1ccccc1I)c1ccccc1. The monoisotopic (exact) mass is 495 g/mol. The molecule has 0 heterocycles. The number of carbonyl (C=O) groups is 2. The zero-order valence-corrected chi connectivity index (χ0v) is 17.9. The number of nitrogens with zero attached hydrogens (tertiary/aromatic N) is 1. The van der Waals surface area contributed by atoms with Crippen molar-refractivity contribution in [2.24, 2.45) is 0 Å². The van der Waals surface area contributed by atoms with Gasteiger partial charge >= 0.3 is 5.97 Å². The van der Waals surface area contributed by atoms with Crippen molar-refractivity contribution in [3.05, 3.63) is 99.1 Å². The number of rotatable bonds is 4. The number of hydrogen-bond donors (Lipinski definition) is 0. The average Bonchev–Trinajstić information content (AvgIpc) is 2.77.